The lowest BCUT2D eigenvalue weighted by molar-refractivity contribution is 0.0535. The first kappa shape index (κ1) is 16.4. The molecule has 1 atom stereocenters. The number of ether oxygens (including phenoxy) is 1. The second-order valence-corrected chi connectivity index (χ2v) is 7.12. The maximum atomic E-state index is 11.7. The number of benzene rings is 1. The number of carbonyl (C=O) groups is 1. The highest BCUT2D eigenvalue weighted by Gasteiger charge is 2.22. The minimum absolute atomic E-state index is 0.246. The van der Waals surface area contributed by atoms with Crippen LogP contribution in [-0.4, -0.2) is 37.6 Å². The molecule has 2 aliphatic heterocycles. The first-order valence-corrected chi connectivity index (χ1v) is 8.97. The van der Waals surface area contributed by atoms with Crippen molar-refractivity contribution in [3.8, 4) is 11.3 Å². The average molecular weight is 340 g/mol. The van der Waals surface area contributed by atoms with E-state index < -0.39 is 0 Å². The minimum Gasteiger partial charge on any atom is -0.460 e. The SMILES string of the molecule is CN(Cc1ccc(-c2ccc3c(c2)C(=O)OC3)o1)C[C@H]1CCCNC1. The fourth-order valence-corrected chi connectivity index (χ4v) is 3.74. The van der Waals surface area contributed by atoms with Crippen LogP contribution in [0.3, 0.4) is 0 Å². The zero-order valence-corrected chi connectivity index (χ0v) is 14.6. The molecule has 0 bridgehead atoms. The summed E-state index contributed by atoms with van der Waals surface area (Å²) in [5, 5.41) is 3.47. The lowest BCUT2D eigenvalue weighted by Crippen LogP contribution is -2.36. The molecule has 1 aromatic carbocycles. The van der Waals surface area contributed by atoms with Crippen LogP contribution < -0.4 is 5.32 Å². The van der Waals surface area contributed by atoms with E-state index in [0.29, 0.717) is 12.2 Å². The number of piperidine rings is 1. The third kappa shape index (κ3) is 3.62. The summed E-state index contributed by atoms with van der Waals surface area (Å²) in [6.45, 7) is 4.50. The molecule has 0 unspecified atom stereocenters. The Kier molecular flexibility index (Phi) is 4.59. The number of rotatable bonds is 5. The van der Waals surface area contributed by atoms with Gasteiger partial charge in [-0.05, 0) is 57.1 Å². The Hall–Kier alpha value is -2.11. The standard InChI is InChI=1S/C20H24N2O3/c1-22(11-14-3-2-8-21-10-14)12-17-6-7-19(25-17)15-4-5-16-13-24-20(23)18(16)9-15/h4-7,9,14,21H,2-3,8,10-13H2,1H3/t14-/m0/s1. The van der Waals surface area contributed by atoms with Crippen LogP contribution in [-0.2, 0) is 17.9 Å². The van der Waals surface area contributed by atoms with E-state index >= 15 is 0 Å². The highest BCUT2D eigenvalue weighted by molar-refractivity contribution is 5.94. The minimum atomic E-state index is -0.246. The molecule has 5 heteroatoms. The summed E-state index contributed by atoms with van der Waals surface area (Å²) in [4.78, 5) is 14.0. The summed E-state index contributed by atoms with van der Waals surface area (Å²) in [5.74, 6) is 2.22. The van der Waals surface area contributed by atoms with Crippen molar-refractivity contribution in [1.82, 2.24) is 10.2 Å². The topological polar surface area (TPSA) is 54.7 Å². The number of carbonyl (C=O) groups excluding carboxylic acids is 1. The fraction of sp³-hybridized carbons (Fsp3) is 0.450. The smallest absolute Gasteiger partial charge is 0.338 e. The molecule has 1 fully saturated rings. The van der Waals surface area contributed by atoms with Crippen LogP contribution in [0, 0.1) is 5.92 Å². The van der Waals surface area contributed by atoms with Gasteiger partial charge in [-0.1, -0.05) is 12.1 Å². The highest BCUT2D eigenvalue weighted by Crippen LogP contribution is 2.28. The van der Waals surface area contributed by atoms with Crippen molar-refractivity contribution < 1.29 is 13.9 Å². The van der Waals surface area contributed by atoms with Gasteiger partial charge in [-0.3, -0.25) is 4.90 Å². The molecule has 0 saturated carbocycles. The summed E-state index contributed by atoms with van der Waals surface area (Å²) in [7, 11) is 2.14. The Balaban J connectivity index is 1.42. The predicted molar refractivity (Wildman–Crippen MR) is 95.2 cm³/mol. The van der Waals surface area contributed by atoms with Crippen molar-refractivity contribution in [1.29, 1.82) is 0 Å². The van der Waals surface area contributed by atoms with Crippen LogP contribution in [0.25, 0.3) is 11.3 Å². The Morgan fingerprint density at radius 3 is 3.04 bits per heavy atom. The Bertz CT molecular complexity index is 762. The quantitative estimate of drug-likeness (QED) is 0.848. The molecular weight excluding hydrogens is 316 g/mol. The molecule has 25 heavy (non-hydrogen) atoms. The number of hydrogen-bond donors (Lipinski definition) is 1. The number of furan rings is 1. The van der Waals surface area contributed by atoms with E-state index in [0.717, 1.165) is 54.7 Å². The first-order valence-electron chi connectivity index (χ1n) is 8.97. The van der Waals surface area contributed by atoms with Gasteiger partial charge in [-0.25, -0.2) is 4.79 Å². The van der Waals surface area contributed by atoms with E-state index in [4.69, 9.17) is 9.15 Å². The molecule has 0 radical (unpaired) electrons. The molecular formula is C20H24N2O3. The van der Waals surface area contributed by atoms with E-state index in [1.807, 2.05) is 30.3 Å². The lowest BCUT2D eigenvalue weighted by Gasteiger charge is -2.27. The number of cyclic esters (lactones) is 1. The van der Waals surface area contributed by atoms with Gasteiger partial charge in [0.15, 0.2) is 0 Å². The molecule has 3 heterocycles. The van der Waals surface area contributed by atoms with E-state index in [-0.39, 0.29) is 5.97 Å². The third-order valence-corrected chi connectivity index (χ3v) is 5.03. The van der Waals surface area contributed by atoms with Crippen molar-refractivity contribution in [3.63, 3.8) is 0 Å². The monoisotopic (exact) mass is 340 g/mol. The number of fused-ring (bicyclic) bond motifs is 1. The molecule has 0 spiro atoms. The van der Waals surface area contributed by atoms with Gasteiger partial charge in [0, 0.05) is 17.7 Å². The Labute approximate surface area is 148 Å². The van der Waals surface area contributed by atoms with Crippen LogP contribution in [0.15, 0.2) is 34.7 Å². The van der Waals surface area contributed by atoms with Crippen LogP contribution in [0.1, 0.15) is 34.5 Å². The summed E-state index contributed by atoms with van der Waals surface area (Å²) in [6.07, 6.45) is 2.57. The number of esters is 1. The molecule has 132 valence electrons. The fourth-order valence-electron chi connectivity index (χ4n) is 3.74. The molecule has 4 rings (SSSR count). The zero-order valence-electron chi connectivity index (χ0n) is 14.6. The maximum absolute atomic E-state index is 11.7. The third-order valence-electron chi connectivity index (χ3n) is 5.03. The van der Waals surface area contributed by atoms with E-state index in [1.54, 1.807) is 0 Å². The molecule has 1 aromatic heterocycles. The van der Waals surface area contributed by atoms with Gasteiger partial charge in [0.2, 0.25) is 0 Å². The van der Waals surface area contributed by atoms with Gasteiger partial charge >= 0.3 is 5.97 Å². The van der Waals surface area contributed by atoms with E-state index in [2.05, 4.69) is 17.3 Å². The molecule has 2 aromatic rings. The molecule has 5 nitrogen and oxygen atoms in total. The van der Waals surface area contributed by atoms with Crippen molar-refractivity contribution in [2.75, 3.05) is 26.7 Å². The van der Waals surface area contributed by atoms with Crippen molar-refractivity contribution in [3.05, 3.63) is 47.2 Å². The zero-order chi connectivity index (χ0) is 17.2. The number of nitrogens with one attached hydrogen (secondary N) is 1. The second-order valence-electron chi connectivity index (χ2n) is 7.12. The average Bonchev–Trinajstić information content (AvgIpc) is 3.23. The predicted octanol–water partition coefficient (Wildman–Crippen LogP) is 3.05. The van der Waals surface area contributed by atoms with Crippen LogP contribution >= 0.6 is 0 Å². The summed E-state index contributed by atoms with van der Waals surface area (Å²) in [6, 6.07) is 9.80. The van der Waals surface area contributed by atoms with E-state index in [9.17, 15) is 4.79 Å². The van der Waals surface area contributed by atoms with Crippen molar-refractivity contribution in [2.45, 2.75) is 26.0 Å². The molecule has 1 saturated heterocycles. The summed E-state index contributed by atoms with van der Waals surface area (Å²) >= 11 is 0. The molecule has 0 aliphatic carbocycles. The van der Waals surface area contributed by atoms with Gasteiger partial charge in [0.05, 0.1) is 12.1 Å². The largest absolute Gasteiger partial charge is 0.460 e. The van der Waals surface area contributed by atoms with Crippen LogP contribution in [0.5, 0.6) is 0 Å². The maximum Gasteiger partial charge on any atom is 0.338 e. The van der Waals surface area contributed by atoms with Gasteiger partial charge in [-0.2, -0.15) is 0 Å². The lowest BCUT2D eigenvalue weighted by atomic mass is 9.99. The molecule has 2 aliphatic rings. The van der Waals surface area contributed by atoms with Gasteiger partial charge < -0.3 is 14.5 Å². The highest BCUT2D eigenvalue weighted by atomic mass is 16.5. The van der Waals surface area contributed by atoms with Crippen LogP contribution in [0.2, 0.25) is 0 Å². The number of nitrogens with zero attached hydrogens (tertiary/aromatic N) is 1. The van der Waals surface area contributed by atoms with Gasteiger partial charge in [-0.15, -0.1) is 0 Å². The normalized spacial score (nSPS) is 19.9. The second kappa shape index (κ2) is 7.02. The molecule has 1 N–H and O–H groups in total. The van der Waals surface area contributed by atoms with E-state index in [1.165, 1.54) is 12.8 Å². The van der Waals surface area contributed by atoms with Gasteiger partial charge in [0.1, 0.15) is 18.1 Å². The Morgan fingerprint density at radius 2 is 2.20 bits per heavy atom. The van der Waals surface area contributed by atoms with Crippen molar-refractivity contribution in [2.24, 2.45) is 5.92 Å². The molecule has 0 amide bonds. The van der Waals surface area contributed by atoms with Crippen LogP contribution in [0.4, 0.5) is 0 Å². The Morgan fingerprint density at radius 1 is 1.28 bits per heavy atom. The first-order chi connectivity index (χ1) is 12.2. The summed E-state index contributed by atoms with van der Waals surface area (Å²) < 4.78 is 11.1. The van der Waals surface area contributed by atoms with Crippen molar-refractivity contribution >= 4 is 5.97 Å². The van der Waals surface area contributed by atoms with Gasteiger partial charge in [0.25, 0.3) is 0 Å². The summed E-state index contributed by atoms with van der Waals surface area (Å²) in [5.41, 5.74) is 2.52. The number of hydrogen-bond acceptors (Lipinski definition) is 5.